The van der Waals surface area contributed by atoms with Crippen molar-refractivity contribution >= 4 is 29.2 Å². The lowest BCUT2D eigenvalue weighted by Gasteiger charge is -2.09. The Bertz CT molecular complexity index is 704. The quantitative estimate of drug-likeness (QED) is 0.443. The standard InChI is InChI=1S/C17H16O5S/c1-20-13-4-5-14(16(9-13)21-2)15(18)10-22-17(19)6-3-12-7-8-23-11-12/h3-9,11H,10H2,1-2H3/b6-3+. The first kappa shape index (κ1) is 16.8. The summed E-state index contributed by atoms with van der Waals surface area (Å²) in [4.78, 5) is 23.8. The molecule has 0 spiro atoms. The second-order valence-corrected chi connectivity index (χ2v) is 5.27. The van der Waals surface area contributed by atoms with E-state index in [1.54, 1.807) is 24.3 Å². The lowest BCUT2D eigenvalue weighted by Crippen LogP contribution is -2.13. The molecule has 0 N–H and O–H groups in total. The van der Waals surface area contributed by atoms with Gasteiger partial charge in [0.05, 0.1) is 19.8 Å². The molecule has 0 bridgehead atoms. The number of Topliss-reactive ketones (excluding diaryl/α,β-unsaturated/α-hetero) is 1. The average Bonchev–Trinajstić information content (AvgIpc) is 3.10. The van der Waals surface area contributed by atoms with Crippen LogP contribution in [0.4, 0.5) is 0 Å². The van der Waals surface area contributed by atoms with Crippen LogP contribution < -0.4 is 9.47 Å². The molecule has 0 fully saturated rings. The smallest absolute Gasteiger partial charge is 0.331 e. The Hall–Kier alpha value is -2.60. The van der Waals surface area contributed by atoms with E-state index in [-0.39, 0.29) is 12.4 Å². The number of ketones is 1. The third-order valence-corrected chi connectivity index (χ3v) is 3.71. The van der Waals surface area contributed by atoms with Crippen molar-refractivity contribution in [3.63, 3.8) is 0 Å². The third kappa shape index (κ3) is 4.69. The first-order valence-corrected chi connectivity index (χ1v) is 7.70. The van der Waals surface area contributed by atoms with Crippen LogP contribution in [0, 0.1) is 0 Å². The Labute approximate surface area is 138 Å². The highest BCUT2D eigenvalue weighted by Crippen LogP contribution is 2.24. The molecule has 0 aliphatic heterocycles. The summed E-state index contributed by atoms with van der Waals surface area (Å²) in [6, 6.07) is 6.70. The SMILES string of the molecule is COc1ccc(C(=O)COC(=O)/C=C/c2ccsc2)c(OC)c1. The number of carbonyl (C=O) groups is 2. The molecule has 2 rings (SSSR count). The summed E-state index contributed by atoms with van der Waals surface area (Å²) < 4.78 is 15.2. The van der Waals surface area contributed by atoms with Crippen LogP contribution in [0.15, 0.2) is 41.1 Å². The molecule has 0 unspecified atom stereocenters. The number of hydrogen-bond donors (Lipinski definition) is 0. The molecule has 23 heavy (non-hydrogen) atoms. The lowest BCUT2D eigenvalue weighted by molar-refractivity contribution is -0.136. The van der Waals surface area contributed by atoms with Crippen LogP contribution in [0.2, 0.25) is 0 Å². The van der Waals surface area contributed by atoms with Gasteiger partial charge in [0.2, 0.25) is 5.78 Å². The molecule has 1 aromatic heterocycles. The van der Waals surface area contributed by atoms with Crippen molar-refractivity contribution < 1.29 is 23.8 Å². The molecule has 5 nitrogen and oxygen atoms in total. The number of methoxy groups -OCH3 is 2. The Morgan fingerprint density at radius 1 is 1.17 bits per heavy atom. The molecule has 0 amide bonds. The monoisotopic (exact) mass is 332 g/mol. The van der Waals surface area contributed by atoms with Gasteiger partial charge < -0.3 is 14.2 Å². The van der Waals surface area contributed by atoms with Crippen LogP contribution >= 0.6 is 11.3 Å². The van der Waals surface area contributed by atoms with Crippen LogP contribution in [-0.4, -0.2) is 32.6 Å². The molecule has 1 heterocycles. The van der Waals surface area contributed by atoms with Gasteiger partial charge >= 0.3 is 5.97 Å². The largest absolute Gasteiger partial charge is 0.497 e. The highest BCUT2D eigenvalue weighted by Gasteiger charge is 2.14. The molecule has 0 saturated carbocycles. The molecule has 0 radical (unpaired) electrons. The molecule has 1 aromatic carbocycles. The molecule has 2 aromatic rings. The van der Waals surface area contributed by atoms with Crippen molar-refractivity contribution in [3.05, 3.63) is 52.2 Å². The maximum Gasteiger partial charge on any atom is 0.331 e. The van der Waals surface area contributed by atoms with Gasteiger partial charge in [-0.1, -0.05) is 0 Å². The van der Waals surface area contributed by atoms with Crippen molar-refractivity contribution in [2.75, 3.05) is 20.8 Å². The lowest BCUT2D eigenvalue weighted by atomic mass is 10.1. The van der Waals surface area contributed by atoms with E-state index in [1.165, 1.54) is 31.6 Å². The van der Waals surface area contributed by atoms with Crippen LogP contribution in [0.1, 0.15) is 15.9 Å². The van der Waals surface area contributed by atoms with Gasteiger partial charge in [0, 0.05) is 12.1 Å². The number of esters is 1. The number of carbonyl (C=O) groups excluding carboxylic acids is 2. The minimum atomic E-state index is -0.572. The van der Waals surface area contributed by atoms with Crippen LogP contribution in [0.5, 0.6) is 11.5 Å². The molecule has 0 aliphatic rings. The number of benzene rings is 1. The van der Waals surface area contributed by atoms with Gasteiger partial charge in [-0.15, -0.1) is 0 Å². The summed E-state index contributed by atoms with van der Waals surface area (Å²) in [5, 5.41) is 3.81. The van der Waals surface area contributed by atoms with E-state index >= 15 is 0 Å². The first-order valence-electron chi connectivity index (χ1n) is 6.76. The fraction of sp³-hybridized carbons (Fsp3) is 0.176. The summed E-state index contributed by atoms with van der Waals surface area (Å²) in [5.41, 5.74) is 1.25. The maximum atomic E-state index is 12.1. The summed E-state index contributed by atoms with van der Waals surface area (Å²) in [5.74, 6) is 0.0344. The maximum absolute atomic E-state index is 12.1. The van der Waals surface area contributed by atoms with E-state index in [2.05, 4.69) is 0 Å². The predicted octanol–water partition coefficient (Wildman–Crippen LogP) is 3.20. The summed E-state index contributed by atoms with van der Waals surface area (Å²) >= 11 is 1.53. The second-order valence-electron chi connectivity index (χ2n) is 4.49. The Morgan fingerprint density at radius 2 is 2.00 bits per heavy atom. The highest BCUT2D eigenvalue weighted by molar-refractivity contribution is 7.08. The summed E-state index contributed by atoms with van der Waals surface area (Å²) in [7, 11) is 2.99. The van der Waals surface area contributed by atoms with Crippen molar-refractivity contribution in [1.82, 2.24) is 0 Å². The highest BCUT2D eigenvalue weighted by atomic mass is 32.1. The third-order valence-electron chi connectivity index (χ3n) is 3.01. The Balaban J connectivity index is 1.95. The summed E-state index contributed by atoms with van der Waals surface area (Å²) in [6.07, 6.45) is 2.93. The first-order chi connectivity index (χ1) is 11.1. The van der Waals surface area contributed by atoms with E-state index < -0.39 is 5.97 Å². The van der Waals surface area contributed by atoms with Gasteiger partial charge in [-0.25, -0.2) is 4.79 Å². The zero-order valence-corrected chi connectivity index (χ0v) is 13.6. The van der Waals surface area contributed by atoms with Crippen molar-refractivity contribution in [3.8, 4) is 11.5 Å². The van der Waals surface area contributed by atoms with Gasteiger partial charge in [0.1, 0.15) is 11.5 Å². The van der Waals surface area contributed by atoms with Crippen molar-refractivity contribution in [1.29, 1.82) is 0 Å². The second kappa shape index (κ2) is 8.14. The fourth-order valence-corrected chi connectivity index (χ4v) is 2.45. The molecule has 0 atom stereocenters. The minimum absolute atomic E-state index is 0.336. The molecule has 0 saturated heterocycles. The van der Waals surface area contributed by atoms with Crippen LogP contribution in [0.25, 0.3) is 6.08 Å². The number of ether oxygens (including phenoxy) is 3. The number of hydrogen-bond acceptors (Lipinski definition) is 6. The minimum Gasteiger partial charge on any atom is -0.497 e. The molecule has 6 heteroatoms. The van der Waals surface area contributed by atoms with Gasteiger partial charge in [-0.3, -0.25) is 4.79 Å². The van der Waals surface area contributed by atoms with Gasteiger partial charge in [0.25, 0.3) is 0 Å². The van der Waals surface area contributed by atoms with Gasteiger partial charge in [-0.2, -0.15) is 11.3 Å². The Morgan fingerprint density at radius 3 is 2.65 bits per heavy atom. The van der Waals surface area contributed by atoms with E-state index in [1.807, 2.05) is 16.8 Å². The Kier molecular flexibility index (Phi) is 5.94. The topological polar surface area (TPSA) is 61.8 Å². The van der Waals surface area contributed by atoms with E-state index in [4.69, 9.17) is 14.2 Å². The van der Waals surface area contributed by atoms with E-state index in [0.29, 0.717) is 17.1 Å². The molecular formula is C17H16O5S. The normalized spacial score (nSPS) is 10.5. The van der Waals surface area contributed by atoms with Gasteiger partial charge in [-0.05, 0) is 40.6 Å². The zero-order chi connectivity index (χ0) is 16.7. The average molecular weight is 332 g/mol. The summed E-state index contributed by atoms with van der Waals surface area (Å²) in [6.45, 7) is -0.352. The molecular weight excluding hydrogens is 316 g/mol. The number of thiophene rings is 1. The molecule has 120 valence electrons. The van der Waals surface area contributed by atoms with Gasteiger partial charge in [0.15, 0.2) is 6.61 Å². The van der Waals surface area contributed by atoms with E-state index in [9.17, 15) is 9.59 Å². The van der Waals surface area contributed by atoms with Crippen LogP contribution in [0.3, 0.4) is 0 Å². The molecule has 0 aliphatic carbocycles. The number of rotatable bonds is 7. The van der Waals surface area contributed by atoms with Crippen LogP contribution in [-0.2, 0) is 9.53 Å². The van der Waals surface area contributed by atoms with E-state index in [0.717, 1.165) is 5.56 Å². The predicted molar refractivity (Wildman–Crippen MR) is 88.2 cm³/mol. The van der Waals surface area contributed by atoms with Crippen molar-refractivity contribution in [2.45, 2.75) is 0 Å². The fourth-order valence-electron chi connectivity index (χ4n) is 1.83. The zero-order valence-electron chi connectivity index (χ0n) is 12.8. The van der Waals surface area contributed by atoms with Crippen molar-refractivity contribution in [2.24, 2.45) is 0 Å².